The smallest absolute Gasteiger partial charge is 0.383 e. The minimum Gasteiger partial charge on any atom is -0.383 e. The number of alkyl halides is 3. The van der Waals surface area contributed by atoms with Gasteiger partial charge in [0.05, 0.1) is 29.4 Å². The monoisotopic (exact) mass is 484 g/mol. The average Bonchev–Trinajstić information content (AvgIpc) is 3.32. The van der Waals surface area contributed by atoms with E-state index < -0.39 is 11.7 Å². The number of nitrogen functional groups attached to an aromatic ring is 1. The van der Waals surface area contributed by atoms with Gasteiger partial charge in [-0.2, -0.15) is 13.2 Å². The molecule has 2 N–H and O–H groups in total. The largest absolute Gasteiger partial charge is 0.417 e. The molecule has 184 valence electrons. The van der Waals surface area contributed by atoms with Crippen LogP contribution in [0, 0.1) is 12.8 Å². The molecule has 0 bridgehead atoms. The van der Waals surface area contributed by atoms with Gasteiger partial charge in [0, 0.05) is 35.7 Å². The van der Waals surface area contributed by atoms with E-state index in [1.54, 1.807) is 23.1 Å². The first-order valence-corrected chi connectivity index (χ1v) is 11.8. The Morgan fingerprint density at radius 3 is 2.74 bits per heavy atom. The van der Waals surface area contributed by atoms with Crippen molar-refractivity contribution in [3.8, 4) is 0 Å². The molecule has 1 amide bonds. The highest BCUT2D eigenvalue weighted by molar-refractivity contribution is 5.98. The number of aryl methyl sites for hydroxylation is 1. The molecule has 3 heterocycles. The topological polar surface area (TPSA) is 81.3 Å². The summed E-state index contributed by atoms with van der Waals surface area (Å²) in [5, 5.41) is 0.806. The summed E-state index contributed by atoms with van der Waals surface area (Å²) >= 11 is 0. The van der Waals surface area contributed by atoms with Crippen molar-refractivity contribution in [2.45, 2.75) is 57.5 Å². The van der Waals surface area contributed by atoms with E-state index in [-0.39, 0.29) is 30.5 Å². The molecule has 2 aliphatic rings. The Morgan fingerprint density at radius 1 is 1.17 bits per heavy atom. The Hall–Kier alpha value is -3.20. The molecular formula is C26H27F3N4O2. The van der Waals surface area contributed by atoms with Crippen molar-refractivity contribution in [1.29, 1.82) is 0 Å². The van der Waals surface area contributed by atoms with Crippen molar-refractivity contribution in [1.82, 2.24) is 14.9 Å². The maximum absolute atomic E-state index is 13.9. The van der Waals surface area contributed by atoms with Crippen LogP contribution in [0.2, 0.25) is 0 Å². The summed E-state index contributed by atoms with van der Waals surface area (Å²) in [6.07, 6.45) is 0.0482. The molecule has 35 heavy (non-hydrogen) atoms. The summed E-state index contributed by atoms with van der Waals surface area (Å²) in [7, 11) is 0. The van der Waals surface area contributed by atoms with Crippen LogP contribution in [0.3, 0.4) is 0 Å². The summed E-state index contributed by atoms with van der Waals surface area (Å²) in [6, 6.07) is 9.50. The second kappa shape index (κ2) is 9.11. The number of nitrogens with two attached hydrogens (primary N) is 1. The molecule has 9 heteroatoms. The van der Waals surface area contributed by atoms with E-state index in [9.17, 15) is 18.0 Å². The molecule has 2 fully saturated rings. The molecule has 1 aliphatic heterocycles. The predicted molar refractivity (Wildman–Crippen MR) is 125 cm³/mol. The maximum Gasteiger partial charge on any atom is 0.417 e. The standard InChI is InChI=1S/C26H27F3N4O2/c1-15-11-17-12-16(5-8-21(17)32-24(15)30)25(34)33(22-3-2-4-23-20(22)9-10-35-23)14-19-7-6-18(13-31-19)26(27,28)29/h5-8,11-13,20,22-23H,2-4,9-10,14H2,1H3,(H2,30,32)/t20-,22+,23+/m1/s1. The zero-order valence-corrected chi connectivity index (χ0v) is 19.4. The maximum atomic E-state index is 13.9. The van der Waals surface area contributed by atoms with Crippen LogP contribution in [0.15, 0.2) is 42.6 Å². The number of benzene rings is 1. The van der Waals surface area contributed by atoms with Gasteiger partial charge in [0.25, 0.3) is 5.91 Å². The fraction of sp³-hybridized carbons (Fsp3) is 0.423. The first kappa shape index (κ1) is 23.5. The number of hydrogen-bond donors (Lipinski definition) is 1. The fourth-order valence-electron chi connectivity index (χ4n) is 5.33. The van der Waals surface area contributed by atoms with Crippen LogP contribution in [0.5, 0.6) is 0 Å². The summed E-state index contributed by atoms with van der Waals surface area (Å²) in [4.78, 5) is 24.1. The Morgan fingerprint density at radius 2 is 2.00 bits per heavy atom. The Bertz CT molecular complexity index is 1250. The molecule has 0 radical (unpaired) electrons. The highest BCUT2D eigenvalue weighted by atomic mass is 19.4. The van der Waals surface area contributed by atoms with Crippen LogP contribution in [0.25, 0.3) is 10.9 Å². The average molecular weight is 485 g/mol. The van der Waals surface area contributed by atoms with E-state index in [0.717, 1.165) is 48.9 Å². The SMILES string of the molecule is Cc1cc2cc(C(=O)N(Cc3ccc(C(F)(F)F)cn3)[C@H]3CCC[C@@H]4OCC[C@@H]43)ccc2nc1N. The number of rotatable bonds is 4. The third kappa shape index (κ3) is 4.69. The molecule has 2 aromatic heterocycles. The number of nitrogens with zero attached hydrogens (tertiary/aromatic N) is 3. The van der Waals surface area contributed by atoms with E-state index in [1.165, 1.54) is 6.07 Å². The molecular weight excluding hydrogens is 457 g/mol. The highest BCUT2D eigenvalue weighted by Crippen LogP contribution is 2.38. The Balaban J connectivity index is 1.49. The minimum atomic E-state index is -4.46. The minimum absolute atomic E-state index is 0.0742. The van der Waals surface area contributed by atoms with Gasteiger partial charge in [-0.1, -0.05) is 0 Å². The normalized spacial score (nSPS) is 22.2. The van der Waals surface area contributed by atoms with E-state index in [0.29, 0.717) is 29.2 Å². The molecule has 6 nitrogen and oxygen atoms in total. The molecule has 1 aliphatic carbocycles. The number of ether oxygens (including phenoxy) is 1. The van der Waals surface area contributed by atoms with E-state index in [4.69, 9.17) is 10.5 Å². The van der Waals surface area contributed by atoms with E-state index in [1.807, 2.05) is 13.0 Å². The molecule has 0 spiro atoms. The highest BCUT2D eigenvalue weighted by Gasteiger charge is 2.42. The lowest BCUT2D eigenvalue weighted by atomic mass is 9.80. The van der Waals surface area contributed by atoms with Gasteiger partial charge in [-0.25, -0.2) is 4.98 Å². The van der Waals surface area contributed by atoms with Gasteiger partial charge < -0.3 is 15.4 Å². The number of aromatic nitrogens is 2. The number of hydrogen-bond acceptors (Lipinski definition) is 5. The number of carbonyl (C=O) groups is 1. The zero-order chi connectivity index (χ0) is 24.7. The van der Waals surface area contributed by atoms with Gasteiger partial charge >= 0.3 is 6.18 Å². The van der Waals surface area contributed by atoms with Crippen LogP contribution in [-0.4, -0.2) is 39.5 Å². The predicted octanol–water partition coefficient (Wildman–Crippen LogP) is 5.14. The van der Waals surface area contributed by atoms with Crippen molar-refractivity contribution in [3.63, 3.8) is 0 Å². The molecule has 1 saturated carbocycles. The summed E-state index contributed by atoms with van der Waals surface area (Å²) in [5.41, 5.74) is 7.55. The molecule has 3 aromatic rings. The first-order chi connectivity index (χ1) is 16.7. The third-order valence-corrected chi connectivity index (χ3v) is 7.18. The van der Waals surface area contributed by atoms with Crippen molar-refractivity contribution < 1.29 is 22.7 Å². The number of fused-ring (bicyclic) bond motifs is 2. The lowest BCUT2D eigenvalue weighted by Crippen LogP contribution is -2.48. The quantitative estimate of drug-likeness (QED) is 0.555. The summed E-state index contributed by atoms with van der Waals surface area (Å²) in [5.74, 6) is 0.466. The van der Waals surface area contributed by atoms with Gasteiger partial charge in [0.15, 0.2) is 0 Å². The molecule has 5 rings (SSSR count). The molecule has 0 unspecified atom stereocenters. The van der Waals surface area contributed by atoms with Gasteiger partial charge in [-0.05, 0) is 74.6 Å². The number of amides is 1. The molecule has 1 saturated heterocycles. The second-order valence-corrected chi connectivity index (χ2v) is 9.43. The first-order valence-electron chi connectivity index (χ1n) is 11.8. The van der Waals surface area contributed by atoms with Gasteiger partial charge in [-0.3, -0.25) is 9.78 Å². The number of pyridine rings is 2. The van der Waals surface area contributed by atoms with Crippen LogP contribution < -0.4 is 5.73 Å². The van der Waals surface area contributed by atoms with Gasteiger partial charge in [0.2, 0.25) is 0 Å². The summed E-state index contributed by atoms with van der Waals surface area (Å²) < 4.78 is 45.0. The lowest BCUT2D eigenvalue weighted by molar-refractivity contribution is -0.137. The summed E-state index contributed by atoms with van der Waals surface area (Å²) in [6.45, 7) is 2.65. The van der Waals surface area contributed by atoms with Crippen molar-refractivity contribution in [2.75, 3.05) is 12.3 Å². The molecule has 1 aromatic carbocycles. The number of halogens is 3. The van der Waals surface area contributed by atoms with Gasteiger partial charge in [0.1, 0.15) is 5.82 Å². The Kier molecular flexibility index (Phi) is 6.13. The fourth-order valence-corrected chi connectivity index (χ4v) is 5.33. The lowest BCUT2D eigenvalue weighted by Gasteiger charge is -2.40. The zero-order valence-electron chi connectivity index (χ0n) is 19.4. The Labute approximate surface area is 201 Å². The van der Waals surface area contributed by atoms with E-state index >= 15 is 0 Å². The van der Waals surface area contributed by atoms with Crippen molar-refractivity contribution in [2.24, 2.45) is 5.92 Å². The van der Waals surface area contributed by atoms with Crippen LogP contribution in [-0.2, 0) is 17.5 Å². The van der Waals surface area contributed by atoms with Crippen LogP contribution in [0.4, 0.5) is 19.0 Å². The van der Waals surface area contributed by atoms with Gasteiger partial charge in [-0.15, -0.1) is 0 Å². The van der Waals surface area contributed by atoms with Crippen LogP contribution >= 0.6 is 0 Å². The molecule has 3 atom stereocenters. The third-order valence-electron chi connectivity index (χ3n) is 7.18. The van der Waals surface area contributed by atoms with E-state index in [2.05, 4.69) is 9.97 Å². The number of anilines is 1. The second-order valence-electron chi connectivity index (χ2n) is 9.43. The van der Waals surface area contributed by atoms with Crippen molar-refractivity contribution >= 4 is 22.6 Å². The van der Waals surface area contributed by atoms with Crippen molar-refractivity contribution in [3.05, 3.63) is 65.0 Å². The van der Waals surface area contributed by atoms with Crippen LogP contribution in [0.1, 0.15) is 52.9 Å². The number of carbonyl (C=O) groups excluding carboxylic acids is 1.